The van der Waals surface area contributed by atoms with Crippen molar-refractivity contribution >= 4 is 22.5 Å². The second kappa shape index (κ2) is 10.0. The summed E-state index contributed by atoms with van der Waals surface area (Å²) in [5.41, 5.74) is 12.1. The molecule has 172 valence electrons. The molecule has 0 aliphatic rings. The molecule has 0 spiro atoms. The van der Waals surface area contributed by atoms with E-state index >= 15 is 0 Å². The molecule has 0 fully saturated rings. The first-order chi connectivity index (χ1) is 16.4. The number of nitrogens with one attached hydrogen (secondary N) is 2. The maximum absolute atomic E-state index is 13.1. The Hall–Kier alpha value is -4.43. The molecule has 0 atom stereocenters. The first kappa shape index (κ1) is 22.8. The lowest BCUT2D eigenvalue weighted by atomic mass is 10.1. The maximum Gasteiger partial charge on any atom is 0.258 e. The monoisotopic (exact) mass is 454 g/mol. The third-order valence-corrected chi connectivity index (χ3v) is 5.60. The van der Waals surface area contributed by atoms with E-state index in [2.05, 4.69) is 16.0 Å². The number of nitrogens with two attached hydrogens (primary N) is 2. The van der Waals surface area contributed by atoms with Gasteiger partial charge in [0.25, 0.3) is 11.5 Å². The van der Waals surface area contributed by atoms with Crippen molar-refractivity contribution < 1.29 is 4.79 Å². The number of hydrogen-bond acceptors (Lipinski definition) is 5. The van der Waals surface area contributed by atoms with Gasteiger partial charge < -0.3 is 15.6 Å². The Kier molecular flexibility index (Phi) is 6.70. The number of aromatic nitrogens is 1. The normalized spacial score (nSPS) is 11.4. The van der Waals surface area contributed by atoms with Crippen LogP contribution in [0.15, 0.2) is 88.9 Å². The highest BCUT2D eigenvalue weighted by atomic mass is 16.1. The lowest BCUT2D eigenvalue weighted by molar-refractivity contribution is 0.0951. The Labute approximate surface area is 196 Å². The number of carbonyl (C=O) groups excluding carboxylic acids is 1. The van der Waals surface area contributed by atoms with Gasteiger partial charge in [-0.15, -0.1) is 5.10 Å². The van der Waals surface area contributed by atoms with Gasteiger partial charge in [0.1, 0.15) is 0 Å². The van der Waals surface area contributed by atoms with Gasteiger partial charge in [-0.2, -0.15) is 0 Å². The summed E-state index contributed by atoms with van der Waals surface area (Å²) in [5, 5.41) is 7.94. The zero-order valence-electron chi connectivity index (χ0n) is 18.8. The number of nitrogens with zero attached hydrogens (tertiary/aromatic N) is 2. The van der Waals surface area contributed by atoms with E-state index in [1.807, 2.05) is 61.5 Å². The van der Waals surface area contributed by atoms with Crippen LogP contribution in [0.3, 0.4) is 0 Å². The van der Waals surface area contributed by atoms with E-state index in [4.69, 9.17) is 11.6 Å². The molecular weight excluding hydrogens is 428 g/mol. The molecule has 6 N–H and O–H groups in total. The molecule has 34 heavy (non-hydrogen) atoms. The summed E-state index contributed by atoms with van der Waals surface area (Å²) in [6, 6.07) is 22.4. The van der Waals surface area contributed by atoms with Crippen LogP contribution in [0.1, 0.15) is 32.6 Å². The van der Waals surface area contributed by atoms with Gasteiger partial charge in [0, 0.05) is 29.3 Å². The SMILES string of the molecule is Cc1ccc(CNC(=O)c2ccc3ccn(Cc4ccc(/C(N)=N/NN)cc4)c(=O)c3c2)cc1. The van der Waals surface area contributed by atoms with Crippen LogP contribution in [0.25, 0.3) is 10.8 Å². The van der Waals surface area contributed by atoms with E-state index in [1.165, 1.54) is 5.56 Å². The summed E-state index contributed by atoms with van der Waals surface area (Å²) in [6.45, 7) is 2.82. The van der Waals surface area contributed by atoms with Crippen LogP contribution < -0.4 is 28.0 Å². The molecule has 8 nitrogen and oxygen atoms in total. The van der Waals surface area contributed by atoms with E-state index in [0.29, 0.717) is 29.6 Å². The number of amidine groups is 1. The van der Waals surface area contributed by atoms with Crippen molar-refractivity contribution in [1.82, 2.24) is 15.4 Å². The maximum atomic E-state index is 13.1. The summed E-state index contributed by atoms with van der Waals surface area (Å²) in [7, 11) is 0. The molecule has 4 rings (SSSR count). The second-order valence-electron chi connectivity index (χ2n) is 8.04. The Morgan fingerprint density at radius 3 is 2.32 bits per heavy atom. The van der Waals surface area contributed by atoms with Crippen molar-refractivity contribution in [3.05, 3.63) is 117 Å². The number of fused-ring (bicyclic) bond motifs is 1. The molecule has 8 heteroatoms. The average molecular weight is 455 g/mol. The average Bonchev–Trinajstić information content (AvgIpc) is 2.85. The summed E-state index contributed by atoms with van der Waals surface area (Å²) in [6.07, 6.45) is 1.75. The fraction of sp³-hybridized carbons (Fsp3) is 0.115. The quantitative estimate of drug-likeness (QED) is 0.148. The van der Waals surface area contributed by atoms with E-state index in [9.17, 15) is 9.59 Å². The molecule has 0 unspecified atom stereocenters. The summed E-state index contributed by atoms with van der Waals surface area (Å²) in [5.74, 6) is 5.20. The molecule has 0 saturated carbocycles. The first-order valence-corrected chi connectivity index (χ1v) is 10.8. The van der Waals surface area contributed by atoms with E-state index in [1.54, 1.807) is 29.0 Å². The van der Waals surface area contributed by atoms with Crippen molar-refractivity contribution in [2.24, 2.45) is 16.7 Å². The fourth-order valence-corrected chi connectivity index (χ4v) is 3.65. The minimum Gasteiger partial charge on any atom is -0.382 e. The second-order valence-corrected chi connectivity index (χ2v) is 8.04. The largest absolute Gasteiger partial charge is 0.382 e. The van der Waals surface area contributed by atoms with Crippen LogP contribution in [0.5, 0.6) is 0 Å². The molecule has 1 aromatic heterocycles. The summed E-state index contributed by atoms with van der Waals surface area (Å²) < 4.78 is 1.62. The first-order valence-electron chi connectivity index (χ1n) is 10.8. The zero-order valence-corrected chi connectivity index (χ0v) is 18.8. The lowest BCUT2D eigenvalue weighted by Crippen LogP contribution is -2.24. The van der Waals surface area contributed by atoms with Crippen LogP contribution in [0.2, 0.25) is 0 Å². The minimum atomic E-state index is -0.223. The van der Waals surface area contributed by atoms with E-state index in [0.717, 1.165) is 16.5 Å². The molecule has 0 radical (unpaired) electrons. The number of hydrazine groups is 1. The highest BCUT2D eigenvalue weighted by Gasteiger charge is 2.10. The van der Waals surface area contributed by atoms with Crippen LogP contribution in [-0.4, -0.2) is 16.3 Å². The van der Waals surface area contributed by atoms with Crippen molar-refractivity contribution in [2.45, 2.75) is 20.0 Å². The van der Waals surface area contributed by atoms with Crippen LogP contribution in [0.4, 0.5) is 0 Å². The Morgan fingerprint density at radius 2 is 1.62 bits per heavy atom. The number of hydrogen-bond donors (Lipinski definition) is 4. The third kappa shape index (κ3) is 5.13. The van der Waals surface area contributed by atoms with Crippen LogP contribution in [0, 0.1) is 6.92 Å². The molecule has 1 heterocycles. The Balaban J connectivity index is 1.53. The molecule has 0 aliphatic heterocycles. The summed E-state index contributed by atoms with van der Waals surface area (Å²) >= 11 is 0. The minimum absolute atomic E-state index is 0.164. The number of hydrazone groups is 1. The van der Waals surface area contributed by atoms with Gasteiger partial charge in [-0.25, -0.2) is 11.4 Å². The molecule has 3 aromatic carbocycles. The van der Waals surface area contributed by atoms with E-state index in [-0.39, 0.29) is 17.3 Å². The van der Waals surface area contributed by atoms with Gasteiger partial charge >= 0.3 is 0 Å². The number of carbonyl (C=O) groups is 1. The topological polar surface area (TPSA) is 128 Å². The molecule has 0 aliphatic carbocycles. The fourth-order valence-electron chi connectivity index (χ4n) is 3.65. The van der Waals surface area contributed by atoms with Gasteiger partial charge in [0.2, 0.25) is 0 Å². The predicted molar refractivity (Wildman–Crippen MR) is 134 cm³/mol. The van der Waals surface area contributed by atoms with Crippen molar-refractivity contribution in [2.75, 3.05) is 0 Å². The Bertz CT molecular complexity index is 1410. The molecular formula is C26H26N6O2. The smallest absolute Gasteiger partial charge is 0.258 e. The number of pyridine rings is 1. The number of amides is 1. The molecule has 0 bridgehead atoms. The highest BCUT2D eigenvalue weighted by molar-refractivity contribution is 5.98. The molecule has 0 saturated heterocycles. The number of aryl methyl sites for hydroxylation is 1. The van der Waals surface area contributed by atoms with Crippen molar-refractivity contribution in [3.8, 4) is 0 Å². The van der Waals surface area contributed by atoms with Gasteiger partial charge in [0.05, 0.1) is 6.54 Å². The Morgan fingerprint density at radius 1 is 0.941 bits per heavy atom. The predicted octanol–water partition coefficient (Wildman–Crippen LogP) is 2.37. The van der Waals surface area contributed by atoms with E-state index < -0.39 is 0 Å². The third-order valence-electron chi connectivity index (χ3n) is 5.60. The number of benzene rings is 3. The van der Waals surface area contributed by atoms with Gasteiger partial charge in [-0.3, -0.25) is 9.59 Å². The van der Waals surface area contributed by atoms with Crippen molar-refractivity contribution in [3.63, 3.8) is 0 Å². The van der Waals surface area contributed by atoms with Gasteiger partial charge in [-0.05, 0) is 41.6 Å². The highest BCUT2D eigenvalue weighted by Crippen LogP contribution is 2.14. The van der Waals surface area contributed by atoms with Gasteiger partial charge in [-0.1, -0.05) is 60.2 Å². The van der Waals surface area contributed by atoms with Crippen LogP contribution in [-0.2, 0) is 13.1 Å². The standard InChI is InChI=1S/C26H26N6O2/c1-17-2-4-18(5-3-17)15-29-25(33)22-11-10-20-12-13-32(26(34)23(20)14-22)16-19-6-8-21(9-7-19)24(27)30-31-28/h2-14,31H,15-16,28H2,1H3,(H2,27,30)(H,29,33). The molecule has 1 amide bonds. The summed E-state index contributed by atoms with van der Waals surface area (Å²) in [4.78, 5) is 25.8. The zero-order chi connectivity index (χ0) is 24.1. The molecule has 4 aromatic rings. The van der Waals surface area contributed by atoms with Crippen molar-refractivity contribution in [1.29, 1.82) is 0 Å². The lowest BCUT2D eigenvalue weighted by Gasteiger charge is -2.10. The number of rotatable bonds is 7. The van der Waals surface area contributed by atoms with Crippen LogP contribution >= 0.6 is 0 Å². The van der Waals surface area contributed by atoms with Gasteiger partial charge in [0.15, 0.2) is 5.84 Å².